The Balaban J connectivity index is 2.78. The second kappa shape index (κ2) is 5.00. The van der Waals surface area contributed by atoms with Crippen LogP contribution in [0.25, 0.3) is 0 Å². The Hall–Kier alpha value is -2.15. The lowest BCUT2D eigenvalue weighted by Gasteiger charge is -2.06. The van der Waals surface area contributed by atoms with Crippen LogP contribution in [-0.4, -0.2) is 22.9 Å². The summed E-state index contributed by atoms with van der Waals surface area (Å²) in [6.45, 7) is 6.10. The Morgan fingerprint density at radius 1 is 1.00 bits per heavy atom. The van der Waals surface area contributed by atoms with E-state index in [4.69, 9.17) is 0 Å². The molecule has 1 heterocycles. The SMILES string of the molecule is CC(=O)n1c(C)c(C)n(S(=O)(=O)c2ccc(C)cc2)c1=O. The summed E-state index contributed by atoms with van der Waals surface area (Å²) < 4.78 is 26.8. The van der Waals surface area contributed by atoms with E-state index in [0.29, 0.717) is 9.67 Å². The zero-order valence-corrected chi connectivity index (χ0v) is 13.1. The van der Waals surface area contributed by atoms with E-state index >= 15 is 0 Å². The van der Waals surface area contributed by atoms with Gasteiger partial charge in [-0.1, -0.05) is 17.7 Å². The number of aryl methyl sites for hydroxylation is 1. The smallest absolute Gasteiger partial charge is 0.274 e. The monoisotopic (exact) mass is 308 g/mol. The molecule has 7 heteroatoms. The van der Waals surface area contributed by atoms with E-state index in [1.165, 1.54) is 26.0 Å². The first kappa shape index (κ1) is 15.2. The summed E-state index contributed by atoms with van der Waals surface area (Å²) in [4.78, 5) is 23.8. The van der Waals surface area contributed by atoms with Crippen molar-refractivity contribution in [3.63, 3.8) is 0 Å². The second-order valence-corrected chi connectivity index (χ2v) is 6.68. The number of aromatic nitrogens is 2. The molecule has 21 heavy (non-hydrogen) atoms. The van der Waals surface area contributed by atoms with Crippen molar-refractivity contribution in [2.24, 2.45) is 0 Å². The number of hydrogen-bond acceptors (Lipinski definition) is 4. The summed E-state index contributed by atoms with van der Waals surface area (Å²) in [5, 5.41) is 0. The highest BCUT2D eigenvalue weighted by Crippen LogP contribution is 2.16. The van der Waals surface area contributed by atoms with Gasteiger partial charge in [0, 0.05) is 12.6 Å². The van der Waals surface area contributed by atoms with E-state index in [0.717, 1.165) is 10.1 Å². The van der Waals surface area contributed by atoms with E-state index in [1.54, 1.807) is 19.1 Å². The molecule has 0 amide bonds. The minimum absolute atomic E-state index is 0.0130. The van der Waals surface area contributed by atoms with E-state index in [1.807, 2.05) is 6.92 Å². The van der Waals surface area contributed by atoms with E-state index in [-0.39, 0.29) is 10.6 Å². The molecule has 0 radical (unpaired) electrons. The summed E-state index contributed by atoms with van der Waals surface area (Å²) in [6, 6.07) is 6.19. The summed E-state index contributed by atoms with van der Waals surface area (Å²) in [7, 11) is -4.02. The maximum Gasteiger partial charge on any atom is 0.349 e. The molecule has 0 aliphatic carbocycles. The topological polar surface area (TPSA) is 78.1 Å². The highest BCUT2D eigenvalue weighted by atomic mass is 32.2. The lowest BCUT2D eigenvalue weighted by Crippen LogP contribution is -2.32. The van der Waals surface area contributed by atoms with E-state index in [2.05, 4.69) is 0 Å². The molecule has 0 bridgehead atoms. The largest absolute Gasteiger partial charge is 0.349 e. The number of carbonyl (C=O) groups excluding carboxylic acids is 1. The van der Waals surface area contributed by atoms with Gasteiger partial charge in [0.25, 0.3) is 10.0 Å². The lowest BCUT2D eigenvalue weighted by atomic mass is 10.2. The Kier molecular flexibility index (Phi) is 3.63. The molecular formula is C14H16N2O4S. The van der Waals surface area contributed by atoms with Crippen molar-refractivity contribution in [3.8, 4) is 0 Å². The molecule has 0 aliphatic rings. The molecule has 0 unspecified atom stereocenters. The first-order valence-corrected chi connectivity index (χ1v) is 7.76. The molecular weight excluding hydrogens is 292 g/mol. The van der Waals surface area contributed by atoms with Crippen LogP contribution in [0.1, 0.15) is 28.7 Å². The minimum Gasteiger partial charge on any atom is -0.274 e. The lowest BCUT2D eigenvalue weighted by molar-refractivity contribution is 0.0930. The van der Waals surface area contributed by atoms with Gasteiger partial charge in [0.2, 0.25) is 5.91 Å². The van der Waals surface area contributed by atoms with Crippen molar-refractivity contribution in [3.05, 3.63) is 51.7 Å². The predicted molar refractivity (Wildman–Crippen MR) is 78.2 cm³/mol. The van der Waals surface area contributed by atoms with Crippen LogP contribution in [0, 0.1) is 20.8 Å². The molecule has 0 saturated heterocycles. The molecule has 0 saturated carbocycles. The average molecular weight is 308 g/mol. The Morgan fingerprint density at radius 2 is 1.52 bits per heavy atom. The van der Waals surface area contributed by atoms with Gasteiger partial charge in [-0.2, -0.15) is 3.97 Å². The van der Waals surface area contributed by atoms with Gasteiger partial charge in [0.05, 0.1) is 10.6 Å². The summed E-state index contributed by atoms with van der Waals surface area (Å²) in [5.74, 6) is -0.515. The molecule has 2 rings (SSSR count). The van der Waals surface area contributed by atoms with Crippen LogP contribution in [0.3, 0.4) is 0 Å². The van der Waals surface area contributed by atoms with Crippen LogP contribution >= 0.6 is 0 Å². The molecule has 0 atom stereocenters. The number of carbonyl (C=O) groups is 1. The van der Waals surface area contributed by atoms with Crippen LogP contribution in [0.2, 0.25) is 0 Å². The predicted octanol–water partition coefficient (Wildman–Crippen LogP) is 1.47. The van der Waals surface area contributed by atoms with Gasteiger partial charge >= 0.3 is 5.69 Å². The van der Waals surface area contributed by atoms with Gasteiger partial charge in [0.1, 0.15) is 0 Å². The number of rotatable bonds is 2. The van der Waals surface area contributed by atoms with Crippen molar-refractivity contribution in [1.82, 2.24) is 8.54 Å². The van der Waals surface area contributed by atoms with Crippen molar-refractivity contribution >= 4 is 15.9 Å². The van der Waals surface area contributed by atoms with Gasteiger partial charge in [0.15, 0.2) is 0 Å². The third kappa shape index (κ3) is 2.33. The molecule has 0 N–H and O–H groups in total. The van der Waals surface area contributed by atoms with Crippen LogP contribution < -0.4 is 5.69 Å². The van der Waals surface area contributed by atoms with E-state index < -0.39 is 21.6 Å². The molecule has 0 aliphatic heterocycles. The van der Waals surface area contributed by atoms with Crippen LogP contribution in [0.15, 0.2) is 34.0 Å². The summed E-state index contributed by atoms with van der Waals surface area (Å²) >= 11 is 0. The van der Waals surface area contributed by atoms with Gasteiger partial charge in [-0.25, -0.2) is 17.8 Å². The van der Waals surface area contributed by atoms with Crippen molar-refractivity contribution in [2.75, 3.05) is 0 Å². The Bertz CT molecular complexity index is 871. The standard InChI is InChI=1S/C14H16N2O4S/c1-9-5-7-13(8-6-9)21(19,20)16-11(3)10(2)15(12(4)17)14(16)18/h5-8H,1-4H3. The van der Waals surface area contributed by atoms with Crippen LogP contribution in [-0.2, 0) is 10.0 Å². The highest BCUT2D eigenvalue weighted by molar-refractivity contribution is 7.90. The van der Waals surface area contributed by atoms with Gasteiger partial charge in [-0.3, -0.25) is 4.79 Å². The van der Waals surface area contributed by atoms with Crippen LogP contribution in [0.4, 0.5) is 0 Å². The van der Waals surface area contributed by atoms with Gasteiger partial charge < -0.3 is 0 Å². The van der Waals surface area contributed by atoms with Crippen LogP contribution in [0.5, 0.6) is 0 Å². The zero-order chi connectivity index (χ0) is 15.9. The second-order valence-electron chi connectivity index (χ2n) is 4.89. The fraction of sp³-hybridized carbons (Fsp3) is 0.286. The fourth-order valence-corrected chi connectivity index (χ4v) is 3.63. The highest BCUT2D eigenvalue weighted by Gasteiger charge is 2.26. The summed E-state index contributed by atoms with van der Waals surface area (Å²) in [6.07, 6.45) is 0. The molecule has 1 aromatic heterocycles. The maximum absolute atomic E-state index is 12.6. The van der Waals surface area contributed by atoms with E-state index in [9.17, 15) is 18.0 Å². The third-order valence-electron chi connectivity index (χ3n) is 3.40. The quantitative estimate of drug-likeness (QED) is 0.841. The first-order valence-electron chi connectivity index (χ1n) is 6.32. The molecule has 0 spiro atoms. The van der Waals surface area contributed by atoms with Gasteiger partial charge in [-0.05, 0) is 32.9 Å². The number of benzene rings is 1. The van der Waals surface area contributed by atoms with Gasteiger partial charge in [-0.15, -0.1) is 0 Å². The Labute approximate surface area is 122 Å². The van der Waals surface area contributed by atoms with Crippen molar-refractivity contribution < 1.29 is 13.2 Å². The number of imidazole rings is 1. The third-order valence-corrected chi connectivity index (χ3v) is 5.18. The van der Waals surface area contributed by atoms with Crippen molar-refractivity contribution in [2.45, 2.75) is 32.6 Å². The Morgan fingerprint density at radius 3 is 1.95 bits per heavy atom. The molecule has 1 aromatic carbocycles. The zero-order valence-electron chi connectivity index (χ0n) is 12.2. The number of nitrogens with zero attached hydrogens (tertiary/aromatic N) is 2. The molecule has 112 valence electrons. The number of hydrogen-bond donors (Lipinski definition) is 0. The molecule has 0 fully saturated rings. The normalized spacial score (nSPS) is 11.6. The van der Waals surface area contributed by atoms with Crippen molar-refractivity contribution in [1.29, 1.82) is 0 Å². The molecule has 6 nitrogen and oxygen atoms in total. The first-order chi connectivity index (χ1) is 9.67. The average Bonchev–Trinajstić information content (AvgIpc) is 2.61. The summed E-state index contributed by atoms with van der Waals surface area (Å²) in [5.41, 5.74) is 0.604. The maximum atomic E-state index is 12.6. The molecule has 2 aromatic rings. The fourth-order valence-electron chi connectivity index (χ4n) is 2.16. The minimum atomic E-state index is -4.02.